The molecule has 9 aromatic carbocycles. The Kier molecular flexibility index (Phi) is 8.42. The molecule has 0 radical (unpaired) electrons. The smallest absolute Gasteiger partial charge is 0.164 e. The SMILES string of the molecule is c1ccc(-c2cccc(-c3nc(-c4ccccc4)nc(-c4cc(-c5ccccc5)cc(-n5c6ccccc6c6ccc7c8ccccc8n(-c8ccccc8)c7c65)c4)n3)c2)cc1. The standard InChI is InChI=1S/C57H37N5/c1-5-18-38(19-6-1)41-24-17-25-42(34-41)56-58-55(40-22-9-3-10-23-40)59-57(60-56)44-35-43(39-20-7-2-8-21-39)36-46(37-44)62-52-31-16-14-29-48(52)50-33-32-49-47-28-13-15-30-51(47)61(53(49)54(50)62)45-26-11-4-12-27-45/h1-37H. The van der Waals surface area contributed by atoms with E-state index < -0.39 is 0 Å². The van der Waals surface area contributed by atoms with Gasteiger partial charge in [0.1, 0.15) is 0 Å². The van der Waals surface area contributed by atoms with Gasteiger partial charge in [0.15, 0.2) is 17.5 Å². The number of hydrogen-bond acceptors (Lipinski definition) is 3. The largest absolute Gasteiger partial charge is 0.307 e. The summed E-state index contributed by atoms with van der Waals surface area (Å²) in [4.78, 5) is 15.7. The van der Waals surface area contributed by atoms with Gasteiger partial charge in [-0.2, -0.15) is 0 Å². The number of rotatable bonds is 7. The molecule has 5 nitrogen and oxygen atoms in total. The third-order valence-corrected chi connectivity index (χ3v) is 11.9. The van der Waals surface area contributed by atoms with Crippen LogP contribution < -0.4 is 0 Å². The Labute approximate surface area is 358 Å². The van der Waals surface area contributed by atoms with Crippen LogP contribution in [0.2, 0.25) is 0 Å². The average Bonchev–Trinajstić information content (AvgIpc) is 3.88. The fourth-order valence-corrected chi connectivity index (χ4v) is 9.10. The van der Waals surface area contributed by atoms with E-state index >= 15 is 0 Å². The highest BCUT2D eigenvalue weighted by atomic mass is 15.1. The Balaban J connectivity index is 1.16. The molecule has 12 aromatic rings. The van der Waals surface area contributed by atoms with Crippen LogP contribution in [0.4, 0.5) is 0 Å². The van der Waals surface area contributed by atoms with E-state index in [1.807, 2.05) is 24.3 Å². The second kappa shape index (κ2) is 14.7. The van der Waals surface area contributed by atoms with Crippen molar-refractivity contribution in [2.75, 3.05) is 0 Å². The van der Waals surface area contributed by atoms with Gasteiger partial charge in [-0.05, 0) is 70.8 Å². The quantitative estimate of drug-likeness (QED) is 0.162. The first-order valence-corrected chi connectivity index (χ1v) is 20.9. The van der Waals surface area contributed by atoms with Crippen molar-refractivity contribution < 1.29 is 0 Å². The summed E-state index contributed by atoms with van der Waals surface area (Å²) in [6, 6.07) is 79.3. The molecule has 0 unspecified atom stereocenters. The summed E-state index contributed by atoms with van der Waals surface area (Å²) in [7, 11) is 0. The third-order valence-electron chi connectivity index (χ3n) is 11.9. The minimum absolute atomic E-state index is 0.599. The average molecular weight is 792 g/mol. The normalized spacial score (nSPS) is 11.5. The predicted octanol–water partition coefficient (Wildman–Crippen LogP) is 14.4. The number of aromatic nitrogens is 5. The van der Waals surface area contributed by atoms with E-state index in [9.17, 15) is 0 Å². The topological polar surface area (TPSA) is 48.5 Å². The molecule has 0 spiro atoms. The molecule has 12 rings (SSSR count). The molecule has 5 heteroatoms. The molecule has 0 aliphatic rings. The summed E-state index contributed by atoms with van der Waals surface area (Å²) in [6.45, 7) is 0. The van der Waals surface area contributed by atoms with Crippen molar-refractivity contribution in [3.63, 3.8) is 0 Å². The minimum Gasteiger partial charge on any atom is -0.307 e. The van der Waals surface area contributed by atoms with Crippen molar-refractivity contribution in [2.45, 2.75) is 0 Å². The summed E-state index contributed by atoms with van der Waals surface area (Å²) in [5, 5.41) is 4.79. The van der Waals surface area contributed by atoms with Crippen molar-refractivity contribution in [1.82, 2.24) is 24.1 Å². The molecule has 0 saturated carbocycles. The van der Waals surface area contributed by atoms with Crippen molar-refractivity contribution in [2.24, 2.45) is 0 Å². The number of para-hydroxylation sites is 3. The van der Waals surface area contributed by atoms with Crippen LogP contribution in [0.25, 0.3) is 111 Å². The van der Waals surface area contributed by atoms with Crippen LogP contribution in [0.3, 0.4) is 0 Å². The number of hydrogen-bond donors (Lipinski definition) is 0. The van der Waals surface area contributed by atoms with Gasteiger partial charge in [0.25, 0.3) is 0 Å². The molecule has 0 atom stereocenters. The lowest BCUT2D eigenvalue weighted by atomic mass is 10.0. The van der Waals surface area contributed by atoms with E-state index in [0.717, 1.165) is 66.9 Å². The first-order chi connectivity index (χ1) is 30.7. The second-order valence-corrected chi connectivity index (χ2v) is 15.7. The van der Waals surface area contributed by atoms with Gasteiger partial charge in [-0.3, -0.25) is 0 Å². The predicted molar refractivity (Wildman–Crippen MR) is 256 cm³/mol. The molecule has 0 amide bonds. The molecular formula is C57H37N5. The number of fused-ring (bicyclic) bond motifs is 7. The van der Waals surface area contributed by atoms with E-state index in [0.29, 0.717) is 17.5 Å². The van der Waals surface area contributed by atoms with E-state index in [-0.39, 0.29) is 0 Å². The van der Waals surface area contributed by atoms with Crippen molar-refractivity contribution in [3.8, 4) is 67.8 Å². The zero-order valence-corrected chi connectivity index (χ0v) is 33.6. The summed E-state index contributed by atoms with van der Waals surface area (Å²) in [5.74, 6) is 1.83. The maximum absolute atomic E-state index is 5.31. The lowest BCUT2D eigenvalue weighted by molar-refractivity contribution is 1.07. The van der Waals surface area contributed by atoms with Crippen molar-refractivity contribution in [3.05, 3.63) is 224 Å². The van der Waals surface area contributed by atoms with Crippen LogP contribution >= 0.6 is 0 Å². The summed E-state index contributed by atoms with van der Waals surface area (Å²) < 4.78 is 4.88. The van der Waals surface area contributed by atoms with Crippen molar-refractivity contribution >= 4 is 43.6 Å². The fraction of sp³-hybridized carbons (Fsp3) is 0. The molecule has 3 heterocycles. The van der Waals surface area contributed by atoms with Crippen LogP contribution in [-0.4, -0.2) is 24.1 Å². The molecule has 0 fully saturated rings. The Hall–Kier alpha value is -8.41. The van der Waals surface area contributed by atoms with Gasteiger partial charge in [-0.25, -0.2) is 15.0 Å². The Morgan fingerprint density at radius 2 is 0.645 bits per heavy atom. The van der Waals surface area contributed by atoms with Crippen molar-refractivity contribution in [1.29, 1.82) is 0 Å². The van der Waals surface area contributed by atoms with Crippen LogP contribution in [0, 0.1) is 0 Å². The second-order valence-electron chi connectivity index (χ2n) is 15.7. The highest BCUT2D eigenvalue weighted by Gasteiger charge is 2.22. The molecule has 0 bridgehead atoms. The van der Waals surface area contributed by atoms with Crippen LogP contribution in [-0.2, 0) is 0 Å². The maximum atomic E-state index is 5.31. The highest BCUT2D eigenvalue weighted by molar-refractivity contribution is 6.23. The first-order valence-electron chi connectivity index (χ1n) is 20.9. The lowest BCUT2D eigenvalue weighted by Gasteiger charge is -2.16. The van der Waals surface area contributed by atoms with E-state index in [1.165, 1.54) is 27.1 Å². The van der Waals surface area contributed by atoms with Gasteiger partial charge >= 0.3 is 0 Å². The van der Waals surface area contributed by atoms with Crippen LogP contribution in [0.15, 0.2) is 224 Å². The highest BCUT2D eigenvalue weighted by Crippen LogP contribution is 2.43. The maximum Gasteiger partial charge on any atom is 0.164 e. The monoisotopic (exact) mass is 791 g/mol. The fourth-order valence-electron chi connectivity index (χ4n) is 9.10. The molecule has 3 aromatic heterocycles. The van der Waals surface area contributed by atoms with Gasteiger partial charge in [0, 0.05) is 49.6 Å². The Bertz CT molecular complexity index is 3610. The van der Waals surface area contributed by atoms with Gasteiger partial charge in [0.2, 0.25) is 0 Å². The first kappa shape index (κ1) is 35.5. The molecule has 0 aliphatic carbocycles. The summed E-state index contributed by atoms with van der Waals surface area (Å²) in [5.41, 5.74) is 13.9. The minimum atomic E-state index is 0.599. The van der Waals surface area contributed by atoms with Gasteiger partial charge in [-0.1, -0.05) is 176 Å². The number of nitrogens with zero attached hydrogens (tertiary/aromatic N) is 5. The summed E-state index contributed by atoms with van der Waals surface area (Å²) >= 11 is 0. The molecule has 0 N–H and O–H groups in total. The van der Waals surface area contributed by atoms with Gasteiger partial charge in [0.05, 0.1) is 22.1 Å². The molecule has 290 valence electrons. The molecule has 0 aliphatic heterocycles. The third kappa shape index (κ3) is 5.98. The molecule has 62 heavy (non-hydrogen) atoms. The van der Waals surface area contributed by atoms with E-state index in [4.69, 9.17) is 15.0 Å². The van der Waals surface area contributed by atoms with Gasteiger partial charge in [-0.15, -0.1) is 0 Å². The zero-order valence-electron chi connectivity index (χ0n) is 33.6. The Morgan fingerprint density at radius 1 is 0.242 bits per heavy atom. The lowest BCUT2D eigenvalue weighted by Crippen LogP contribution is -2.02. The van der Waals surface area contributed by atoms with Gasteiger partial charge < -0.3 is 9.13 Å². The molecular weight excluding hydrogens is 755 g/mol. The number of benzene rings is 9. The molecule has 0 saturated heterocycles. The summed E-state index contributed by atoms with van der Waals surface area (Å²) in [6.07, 6.45) is 0. The van der Waals surface area contributed by atoms with Crippen LogP contribution in [0.5, 0.6) is 0 Å². The van der Waals surface area contributed by atoms with Crippen LogP contribution in [0.1, 0.15) is 0 Å². The van der Waals surface area contributed by atoms with E-state index in [2.05, 4.69) is 209 Å². The zero-order chi connectivity index (χ0) is 41.0. The van der Waals surface area contributed by atoms with E-state index in [1.54, 1.807) is 0 Å². The Morgan fingerprint density at radius 3 is 1.24 bits per heavy atom.